The van der Waals surface area contributed by atoms with Crippen molar-refractivity contribution in [2.45, 2.75) is 32.9 Å². The fraction of sp³-hybridized carbons (Fsp3) is 0.294. The lowest BCUT2D eigenvalue weighted by Crippen LogP contribution is -2.14. The summed E-state index contributed by atoms with van der Waals surface area (Å²) in [5, 5.41) is 19.9. The minimum absolute atomic E-state index is 0.223. The largest absolute Gasteiger partial charge is 0.389 e. The highest BCUT2D eigenvalue weighted by Gasteiger charge is 2.18. The summed E-state index contributed by atoms with van der Waals surface area (Å²) in [6, 6.07) is 4.08. The lowest BCUT2D eigenvalue weighted by Gasteiger charge is -2.12. The van der Waals surface area contributed by atoms with Crippen molar-refractivity contribution in [2.75, 3.05) is 0 Å². The number of nitrogens with zero attached hydrogens (tertiary/aromatic N) is 1. The Balaban J connectivity index is 2.45. The summed E-state index contributed by atoms with van der Waals surface area (Å²) in [6.07, 6.45) is 1.42. The fourth-order valence-electron chi connectivity index (χ4n) is 2.39. The zero-order valence-electron chi connectivity index (χ0n) is 13.7. The molecule has 0 radical (unpaired) electrons. The lowest BCUT2D eigenvalue weighted by molar-refractivity contribution is 0.125. The van der Waals surface area contributed by atoms with Crippen LogP contribution in [0.1, 0.15) is 28.5 Å². The first-order chi connectivity index (χ1) is 11.8. The number of thiazole rings is 1. The van der Waals surface area contributed by atoms with E-state index in [0.29, 0.717) is 22.4 Å². The number of rotatable bonds is 7. The predicted molar refractivity (Wildman–Crippen MR) is 92.6 cm³/mol. The average molecular weight is 369 g/mol. The van der Waals surface area contributed by atoms with Crippen molar-refractivity contribution in [2.24, 2.45) is 0 Å². The van der Waals surface area contributed by atoms with Gasteiger partial charge in [0.1, 0.15) is 5.82 Å². The Bertz CT molecular complexity index is 787. The third-order valence-electron chi connectivity index (χ3n) is 3.47. The molecular formula is C17H18F3N3OS. The van der Waals surface area contributed by atoms with Crippen LogP contribution in [0, 0.1) is 18.2 Å². The van der Waals surface area contributed by atoms with Gasteiger partial charge in [0.25, 0.3) is 0 Å². The first-order valence-corrected chi connectivity index (χ1v) is 8.31. The van der Waals surface area contributed by atoms with Crippen LogP contribution >= 0.6 is 11.3 Å². The van der Waals surface area contributed by atoms with Crippen LogP contribution in [0.15, 0.2) is 30.0 Å². The summed E-state index contributed by atoms with van der Waals surface area (Å²) < 4.78 is 38.1. The van der Waals surface area contributed by atoms with Crippen LogP contribution in [-0.2, 0) is 6.42 Å². The Morgan fingerprint density at radius 2 is 2.16 bits per heavy atom. The first-order valence-electron chi connectivity index (χ1n) is 7.49. The summed E-state index contributed by atoms with van der Waals surface area (Å²) in [6.45, 7) is 0.623. The molecule has 1 aromatic carbocycles. The predicted octanol–water partition coefficient (Wildman–Crippen LogP) is 4.20. The van der Waals surface area contributed by atoms with E-state index in [0.717, 1.165) is 22.3 Å². The van der Waals surface area contributed by atoms with Crippen molar-refractivity contribution >= 4 is 17.6 Å². The van der Waals surface area contributed by atoms with Gasteiger partial charge in [-0.2, -0.15) is 8.78 Å². The molecule has 3 N–H and O–H groups in total. The molecule has 0 bridgehead atoms. The molecule has 0 aliphatic rings. The van der Waals surface area contributed by atoms with Crippen LogP contribution in [0.25, 0.3) is 11.3 Å². The van der Waals surface area contributed by atoms with Gasteiger partial charge in [-0.1, -0.05) is 0 Å². The number of halogens is 3. The van der Waals surface area contributed by atoms with Crippen molar-refractivity contribution in [3.05, 3.63) is 51.2 Å². The minimum Gasteiger partial charge on any atom is -0.389 e. The highest BCUT2D eigenvalue weighted by atomic mass is 32.1. The molecule has 2 aromatic rings. The molecule has 134 valence electrons. The average Bonchev–Trinajstić information content (AvgIpc) is 2.91. The monoisotopic (exact) mass is 369 g/mol. The summed E-state index contributed by atoms with van der Waals surface area (Å²) in [7, 11) is 0. The second-order valence-corrected chi connectivity index (χ2v) is 6.71. The maximum absolute atomic E-state index is 13.5. The number of alkyl halides is 2. The molecule has 0 spiro atoms. The van der Waals surface area contributed by atoms with Gasteiger partial charge < -0.3 is 15.8 Å². The smallest absolute Gasteiger partial charge is 0.312 e. The molecular weight excluding hydrogens is 351 g/mol. The van der Waals surface area contributed by atoms with Gasteiger partial charge >= 0.3 is 6.55 Å². The molecule has 2 rings (SSSR count). The SMILES string of the molecule is Cc1nc(-c2ccc(F)cc2C(C)O)c(C/C(C=N)=C/NC(F)F)s1. The summed E-state index contributed by atoms with van der Waals surface area (Å²) in [5.74, 6) is -0.464. The Morgan fingerprint density at radius 1 is 1.44 bits per heavy atom. The summed E-state index contributed by atoms with van der Waals surface area (Å²) in [5.41, 5.74) is 1.90. The Labute approximate surface area is 147 Å². The van der Waals surface area contributed by atoms with Gasteiger partial charge in [0.05, 0.1) is 16.8 Å². The standard InChI is InChI=1S/C17H18F3N3OS/c1-9(24)14-6-12(18)3-4-13(14)16-15(25-10(2)23-16)5-11(7-21)8-22-17(19)20/h3-4,6-9,17,21-22,24H,5H2,1-2H3/b11-8-,21-7?. The molecule has 0 aliphatic heterocycles. The first kappa shape index (κ1) is 19.1. The number of allylic oxidation sites excluding steroid dienone is 1. The van der Waals surface area contributed by atoms with E-state index in [1.165, 1.54) is 30.4 Å². The topological polar surface area (TPSA) is 69.0 Å². The third kappa shape index (κ3) is 4.90. The maximum Gasteiger partial charge on any atom is 0.312 e. The number of aliphatic hydroxyl groups excluding tert-OH is 1. The van der Waals surface area contributed by atoms with E-state index in [1.54, 1.807) is 13.0 Å². The highest BCUT2D eigenvalue weighted by molar-refractivity contribution is 7.12. The Kier molecular flexibility index (Phi) is 6.33. The van der Waals surface area contributed by atoms with Crippen molar-refractivity contribution in [1.29, 1.82) is 5.41 Å². The normalized spacial score (nSPS) is 13.2. The van der Waals surface area contributed by atoms with Gasteiger partial charge in [-0.3, -0.25) is 0 Å². The number of aromatic nitrogens is 1. The van der Waals surface area contributed by atoms with E-state index < -0.39 is 18.5 Å². The van der Waals surface area contributed by atoms with E-state index >= 15 is 0 Å². The Morgan fingerprint density at radius 3 is 2.76 bits per heavy atom. The van der Waals surface area contributed by atoms with Gasteiger partial charge in [-0.25, -0.2) is 9.37 Å². The van der Waals surface area contributed by atoms with Crippen LogP contribution < -0.4 is 5.32 Å². The van der Waals surface area contributed by atoms with Crippen molar-refractivity contribution in [3.63, 3.8) is 0 Å². The van der Waals surface area contributed by atoms with Crippen LogP contribution in [0.4, 0.5) is 13.2 Å². The van der Waals surface area contributed by atoms with Crippen molar-refractivity contribution < 1.29 is 18.3 Å². The van der Waals surface area contributed by atoms with Crippen LogP contribution in [0.2, 0.25) is 0 Å². The number of hydrogen-bond donors (Lipinski definition) is 3. The van der Waals surface area contributed by atoms with Crippen LogP contribution in [0.5, 0.6) is 0 Å². The molecule has 1 unspecified atom stereocenters. The van der Waals surface area contributed by atoms with Gasteiger partial charge in [-0.15, -0.1) is 11.3 Å². The molecule has 4 nitrogen and oxygen atoms in total. The number of hydrogen-bond acceptors (Lipinski definition) is 5. The van der Waals surface area contributed by atoms with E-state index in [4.69, 9.17) is 5.41 Å². The number of aryl methyl sites for hydroxylation is 1. The van der Waals surface area contributed by atoms with Crippen molar-refractivity contribution in [1.82, 2.24) is 10.3 Å². The summed E-state index contributed by atoms with van der Waals surface area (Å²) in [4.78, 5) is 5.20. The Hall–Kier alpha value is -2.19. The van der Waals surface area contributed by atoms with E-state index in [9.17, 15) is 18.3 Å². The number of nitrogens with one attached hydrogen (secondary N) is 2. The number of benzene rings is 1. The van der Waals surface area contributed by atoms with Crippen LogP contribution in [0.3, 0.4) is 0 Å². The van der Waals surface area contributed by atoms with Gasteiger partial charge in [0.15, 0.2) is 0 Å². The summed E-state index contributed by atoms with van der Waals surface area (Å²) >= 11 is 1.37. The third-order valence-corrected chi connectivity index (χ3v) is 4.44. The lowest BCUT2D eigenvalue weighted by atomic mass is 9.98. The van der Waals surface area contributed by atoms with E-state index in [2.05, 4.69) is 4.98 Å². The molecule has 0 saturated carbocycles. The molecule has 0 amide bonds. The second-order valence-electron chi connectivity index (χ2n) is 5.42. The fourth-order valence-corrected chi connectivity index (χ4v) is 3.38. The van der Waals surface area contributed by atoms with Crippen LogP contribution in [-0.4, -0.2) is 22.9 Å². The molecule has 1 atom stereocenters. The molecule has 0 saturated heterocycles. The zero-order valence-corrected chi connectivity index (χ0v) is 14.5. The second kappa shape index (κ2) is 8.26. The number of aliphatic hydroxyl groups is 1. The highest BCUT2D eigenvalue weighted by Crippen LogP contribution is 2.34. The van der Waals surface area contributed by atoms with Gasteiger partial charge in [-0.05, 0) is 43.2 Å². The molecule has 0 aliphatic carbocycles. The van der Waals surface area contributed by atoms with E-state index in [1.807, 2.05) is 5.32 Å². The van der Waals surface area contributed by atoms with E-state index in [-0.39, 0.29) is 6.42 Å². The van der Waals surface area contributed by atoms with Crippen molar-refractivity contribution in [3.8, 4) is 11.3 Å². The minimum atomic E-state index is -2.71. The quantitative estimate of drug-likeness (QED) is 0.506. The zero-order chi connectivity index (χ0) is 18.6. The molecule has 25 heavy (non-hydrogen) atoms. The molecule has 0 fully saturated rings. The van der Waals surface area contributed by atoms with Gasteiger partial charge in [0.2, 0.25) is 0 Å². The van der Waals surface area contributed by atoms with Gasteiger partial charge in [0, 0.05) is 29.3 Å². The molecule has 8 heteroatoms. The maximum atomic E-state index is 13.5. The molecule has 1 heterocycles. The molecule has 1 aromatic heterocycles.